The summed E-state index contributed by atoms with van der Waals surface area (Å²) in [6, 6.07) is 15.9. The topological polar surface area (TPSA) is 85.8 Å². The number of carbonyl (C=O) groups excluding carboxylic acids is 1. The van der Waals surface area contributed by atoms with Crippen LogP contribution >= 0.6 is 0 Å². The van der Waals surface area contributed by atoms with E-state index < -0.39 is 0 Å². The fraction of sp³-hybridized carbons (Fsp3) is 0.250. The zero-order chi connectivity index (χ0) is 24.4. The molecule has 7 nitrogen and oxygen atoms in total. The van der Waals surface area contributed by atoms with Gasteiger partial charge in [0, 0.05) is 37.0 Å². The number of fused-ring (bicyclic) bond motifs is 1. The highest BCUT2D eigenvalue weighted by Crippen LogP contribution is 2.30. The molecule has 0 radical (unpaired) electrons. The molecule has 2 N–H and O–H groups in total. The fourth-order valence-electron chi connectivity index (χ4n) is 4.59. The van der Waals surface area contributed by atoms with Crippen LogP contribution in [0.1, 0.15) is 46.1 Å². The van der Waals surface area contributed by atoms with Crippen LogP contribution in [0.2, 0.25) is 0 Å². The van der Waals surface area contributed by atoms with Gasteiger partial charge in [0.15, 0.2) is 5.82 Å². The van der Waals surface area contributed by atoms with Gasteiger partial charge in [-0.1, -0.05) is 42.3 Å². The summed E-state index contributed by atoms with van der Waals surface area (Å²) in [6.07, 6.45) is 3.99. The van der Waals surface area contributed by atoms with Gasteiger partial charge in [0.2, 0.25) is 0 Å². The molecule has 1 fully saturated rings. The molecule has 5 rings (SSSR count). The number of rotatable bonds is 3. The number of carbonyl (C=O) groups is 1. The summed E-state index contributed by atoms with van der Waals surface area (Å²) < 4.78 is 7.48. The van der Waals surface area contributed by atoms with E-state index in [0.29, 0.717) is 30.1 Å². The predicted octanol–water partition coefficient (Wildman–Crippen LogP) is 4.45. The van der Waals surface area contributed by atoms with Crippen molar-refractivity contribution < 1.29 is 9.53 Å². The van der Waals surface area contributed by atoms with Crippen molar-refractivity contribution in [2.45, 2.75) is 32.8 Å². The molecule has 0 saturated carbocycles. The largest absolute Gasteiger partial charge is 0.445 e. The molecule has 4 aromatic rings. The number of likely N-dealkylation sites (tertiary alicyclic amines) is 1. The van der Waals surface area contributed by atoms with Crippen LogP contribution < -0.4 is 5.73 Å². The van der Waals surface area contributed by atoms with Gasteiger partial charge in [0.1, 0.15) is 23.6 Å². The molecular weight excluding hydrogens is 438 g/mol. The van der Waals surface area contributed by atoms with E-state index >= 15 is 0 Å². The maximum atomic E-state index is 12.7. The number of hydrogen-bond acceptors (Lipinski definition) is 5. The van der Waals surface area contributed by atoms with E-state index in [1.807, 2.05) is 40.9 Å². The van der Waals surface area contributed by atoms with Crippen molar-refractivity contribution in [3.63, 3.8) is 0 Å². The van der Waals surface area contributed by atoms with Crippen LogP contribution in [0, 0.1) is 25.7 Å². The minimum absolute atomic E-state index is 0.0466. The summed E-state index contributed by atoms with van der Waals surface area (Å²) in [5.74, 6) is 7.70. The van der Waals surface area contributed by atoms with Gasteiger partial charge in [-0.15, -0.1) is 0 Å². The van der Waals surface area contributed by atoms with Crippen molar-refractivity contribution in [3.8, 4) is 11.8 Å². The Morgan fingerprint density at radius 1 is 1.14 bits per heavy atom. The molecule has 35 heavy (non-hydrogen) atoms. The van der Waals surface area contributed by atoms with Crippen LogP contribution in [0.4, 0.5) is 10.6 Å². The highest BCUT2D eigenvalue weighted by atomic mass is 16.6. The van der Waals surface area contributed by atoms with E-state index in [1.165, 1.54) is 0 Å². The smallest absolute Gasteiger partial charge is 0.410 e. The molecule has 1 atom stereocenters. The Balaban J connectivity index is 1.38. The molecule has 0 bridgehead atoms. The second-order valence-electron chi connectivity index (χ2n) is 8.95. The Hall–Kier alpha value is -4.31. The molecule has 3 heterocycles. The highest BCUT2D eigenvalue weighted by molar-refractivity contribution is 5.74. The number of aryl methyl sites for hydroxylation is 2. The van der Waals surface area contributed by atoms with Crippen LogP contribution in [0.15, 0.2) is 60.9 Å². The number of nitrogen functional groups attached to an aromatic ring is 1. The van der Waals surface area contributed by atoms with Gasteiger partial charge in [0.25, 0.3) is 0 Å². The number of anilines is 1. The molecule has 1 saturated heterocycles. The summed E-state index contributed by atoms with van der Waals surface area (Å²) >= 11 is 0. The molecule has 7 heteroatoms. The van der Waals surface area contributed by atoms with E-state index in [9.17, 15) is 4.79 Å². The van der Waals surface area contributed by atoms with Crippen molar-refractivity contribution in [1.82, 2.24) is 19.3 Å². The Labute approximate surface area is 204 Å². The van der Waals surface area contributed by atoms with Crippen molar-refractivity contribution in [2.75, 3.05) is 18.8 Å². The number of benzene rings is 2. The van der Waals surface area contributed by atoms with Crippen molar-refractivity contribution >= 4 is 17.4 Å². The minimum atomic E-state index is -0.312. The molecule has 1 amide bonds. The summed E-state index contributed by atoms with van der Waals surface area (Å²) in [5.41, 5.74) is 11.7. The second-order valence-corrected chi connectivity index (χ2v) is 8.95. The van der Waals surface area contributed by atoms with Gasteiger partial charge in [-0.05, 0) is 55.0 Å². The Bertz CT molecular complexity index is 1430. The third kappa shape index (κ3) is 4.82. The number of nitrogens with two attached hydrogens (primary N) is 1. The Morgan fingerprint density at radius 3 is 2.69 bits per heavy atom. The summed E-state index contributed by atoms with van der Waals surface area (Å²) in [7, 11) is 0. The minimum Gasteiger partial charge on any atom is -0.445 e. The Kier molecular flexibility index (Phi) is 6.11. The fourth-order valence-corrected chi connectivity index (χ4v) is 4.59. The van der Waals surface area contributed by atoms with Crippen molar-refractivity contribution in [3.05, 3.63) is 94.7 Å². The van der Waals surface area contributed by atoms with Gasteiger partial charge in [0.05, 0.1) is 0 Å². The number of nitrogens with zero attached hydrogens (tertiary/aromatic N) is 4. The number of aromatic nitrogens is 3. The van der Waals surface area contributed by atoms with Crippen LogP contribution in [0.3, 0.4) is 0 Å². The summed E-state index contributed by atoms with van der Waals surface area (Å²) in [5, 5.41) is 0. The molecule has 176 valence electrons. The monoisotopic (exact) mass is 465 g/mol. The molecule has 1 aliphatic heterocycles. The van der Waals surface area contributed by atoms with Gasteiger partial charge < -0.3 is 15.4 Å². The first-order valence-electron chi connectivity index (χ1n) is 11.7. The van der Waals surface area contributed by atoms with E-state index in [1.54, 1.807) is 11.1 Å². The molecule has 0 spiro atoms. The second kappa shape index (κ2) is 9.51. The van der Waals surface area contributed by atoms with E-state index in [2.05, 4.69) is 48.9 Å². The van der Waals surface area contributed by atoms with E-state index in [0.717, 1.165) is 34.5 Å². The highest BCUT2D eigenvalue weighted by Gasteiger charge is 2.32. The average Bonchev–Trinajstić information content (AvgIpc) is 3.47. The maximum absolute atomic E-state index is 12.7. The predicted molar refractivity (Wildman–Crippen MR) is 135 cm³/mol. The van der Waals surface area contributed by atoms with Crippen molar-refractivity contribution in [2.24, 2.45) is 0 Å². The van der Waals surface area contributed by atoms with Gasteiger partial charge >= 0.3 is 6.09 Å². The standard InChI is InChI=1S/C28H27N5O2/c1-19-14-20(2)16-22(15-19)8-9-24-25-26(29)30-11-13-33(25)27(31-24)23-10-12-32(17-23)28(34)35-18-21-6-4-3-5-7-21/h3-7,11,13-16,23H,10,12,17-18H2,1-2H3,(H2,29,30)/t23-/m0/s1. The average molecular weight is 466 g/mol. The van der Waals surface area contributed by atoms with Crippen LogP contribution in [-0.2, 0) is 11.3 Å². The molecule has 0 unspecified atom stereocenters. The van der Waals surface area contributed by atoms with E-state index in [4.69, 9.17) is 15.5 Å². The lowest BCUT2D eigenvalue weighted by Gasteiger charge is -2.16. The van der Waals surface area contributed by atoms with Crippen LogP contribution in [0.25, 0.3) is 5.52 Å². The number of amides is 1. The molecule has 2 aromatic carbocycles. The Morgan fingerprint density at radius 2 is 1.91 bits per heavy atom. The molecule has 0 aliphatic carbocycles. The molecular formula is C28H27N5O2. The van der Waals surface area contributed by atoms with Crippen molar-refractivity contribution in [1.29, 1.82) is 0 Å². The number of ether oxygens (including phenoxy) is 1. The lowest BCUT2D eigenvalue weighted by molar-refractivity contribution is 0.104. The number of hydrogen-bond donors (Lipinski definition) is 1. The van der Waals surface area contributed by atoms with Gasteiger partial charge in [-0.25, -0.2) is 14.8 Å². The third-order valence-electron chi connectivity index (χ3n) is 6.17. The quantitative estimate of drug-likeness (QED) is 0.452. The lowest BCUT2D eigenvalue weighted by atomic mass is 10.1. The third-order valence-corrected chi connectivity index (χ3v) is 6.17. The zero-order valence-corrected chi connectivity index (χ0v) is 19.9. The normalized spacial score (nSPS) is 15.1. The first-order valence-corrected chi connectivity index (χ1v) is 11.7. The summed E-state index contributed by atoms with van der Waals surface area (Å²) in [6.45, 7) is 5.51. The van der Waals surface area contributed by atoms with Gasteiger partial charge in [-0.2, -0.15) is 0 Å². The zero-order valence-electron chi connectivity index (χ0n) is 19.9. The maximum Gasteiger partial charge on any atom is 0.410 e. The first kappa shape index (κ1) is 22.5. The first-order chi connectivity index (χ1) is 17.0. The summed E-state index contributed by atoms with van der Waals surface area (Å²) in [4.78, 5) is 23.5. The lowest BCUT2D eigenvalue weighted by Crippen LogP contribution is -2.29. The molecule has 1 aliphatic rings. The van der Waals surface area contributed by atoms with Crippen LogP contribution in [-0.4, -0.2) is 38.5 Å². The SMILES string of the molecule is Cc1cc(C)cc(C#Cc2nc([C@H]3CCN(C(=O)OCc4ccccc4)C3)n3ccnc(N)c23)c1. The van der Waals surface area contributed by atoms with E-state index in [-0.39, 0.29) is 18.6 Å². The number of imidazole rings is 1. The van der Waals surface area contributed by atoms with Crippen LogP contribution in [0.5, 0.6) is 0 Å². The molecule has 2 aromatic heterocycles. The van der Waals surface area contributed by atoms with Gasteiger partial charge in [-0.3, -0.25) is 4.40 Å².